The minimum absolute atomic E-state index is 0.516. The molecule has 114 valence electrons. The van der Waals surface area contributed by atoms with E-state index >= 15 is 0 Å². The maximum absolute atomic E-state index is 4.93. The second-order valence-corrected chi connectivity index (χ2v) is 6.84. The molecule has 2 rings (SSSR count). The molecule has 0 saturated carbocycles. The number of rotatable bonds is 7. The van der Waals surface area contributed by atoms with Gasteiger partial charge in [-0.25, -0.2) is 4.98 Å². The highest BCUT2D eigenvalue weighted by atomic mass is 32.1. The van der Waals surface area contributed by atoms with Gasteiger partial charge in [0.25, 0.3) is 0 Å². The number of aromatic nitrogens is 1. The molecule has 1 aromatic rings. The van der Waals surface area contributed by atoms with Gasteiger partial charge in [0, 0.05) is 30.6 Å². The highest BCUT2D eigenvalue weighted by Crippen LogP contribution is 2.37. The Morgan fingerprint density at radius 1 is 1.30 bits per heavy atom. The van der Waals surface area contributed by atoms with Crippen molar-refractivity contribution >= 4 is 16.5 Å². The van der Waals surface area contributed by atoms with E-state index in [0.717, 1.165) is 26.1 Å². The Morgan fingerprint density at radius 3 is 2.75 bits per heavy atom. The normalized spacial score (nSPS) is 18.4. The Hall–Kier alpha value is -0.650. The SMILES string of the molecule is CCCN(CCN(C)C)c1nc2c(s1)C(NC)CCC2. The van der Waals surface area contributed by atoms with Crippen LogP contribution in [0.4, 0.5) is 5.13 Å². The van der Waals surface area contributed by atoms with Crippen LogP contribution in [0.25, 0.3) is 0 Å². The fourth-order valence-corrected chi connectivity index (χ4v) is 4.02. The third kappa shape index (κ3) is 3.71. The molecule has 0 bridgehead atoms. The van der Waals surface area contributed by atoms with Crippen LogP contribution >= 0.6 is 11.3 Å². The van der Waals surface area contributed by atoms with Crippen molar-refractivity contribution in [1.29, 1.82) is 0 Å². The zero-order valence-electron chi connectivity index (χ0n) is 13.3. The van der Waals surface area contributed by atoms with E-state index in [0.29, 0.717) is 6.04 Å². The van der Waals surface area contributed by atoms with Crippen LogP contribution in [0.5, 0.6) is 0 Å². The van der Waals surface area contributed by atoms with Crippen molar-refractivity contribution in [2.75, 3.05) is 45.7 Å². The molecule has 0 fully saturated rings. The fourth-order valence-electron chi connectivity index (χ4n) is 2.71. The van der Waals surface area contributed by atoms with E-state index in [4.69, 9.17) is 4.98 Å². The molecule has 1 atom stereocenters. The second-order valence-electron chi connectivity index (χ2n) is 5.83. The Morgan fingerprint density at radius 2 is 2.10 bits per heavy atom. The number of aryl methyl sites for hydroxylation is 1. The van der Waals surface area contributed by atoms with Crippen LogP contribution in [0.1, 0.15) is 42.8 Å². The maximum Gasteiger partial charge on any atom is 0.185 e. The van der Waals surface area contributed by atoms with Crippen LogP contribution < -0.4 is 10.2 Å². The van der Waals surface area contributed by atoms with Gasteiger partial charge in [0.05, 0.1) is 5.69 Å². The molecule has 0 radical (unpaired) electrons. The molecule has 0 aliphatic heterocycles. The number of hydrogen-bond donors (Lipinski definition) is 1. The first kappa shape index (κ1) is 15.7. The van der Waals surface area contributed by atoms with Gasteiger partial charge in [0.2, 0.25) is 0 Å². The van der Waals surface area contributed by atoms with Crippen LogP contribution in [0.15, 0.2) is 0 Å². The summed E-state index contributed by atoms with van der Waals surface area (Å²) in [7, 11) is 6.33. The average molecular weight is 296 g/mol. The van der Waals surface area contributed by atoms with Crippen molar-refractivity contribution in [3.05, 3.63) is 10.6 Å². The molecule has 1 aliphatic rings. The van der Waals surface area contributed by atoms with Gasteiger partial charge in [-0.05, 0) is 46.8 Å². The van der Waals surface area contributed by atoms with Crippen LogP contribution in [0, 0.1) is 0 Å². The van der Waals surface area contributed by atoms with Crippen molar-refractivity contribution in [2.45, 2.75) is 38.6 Å². The Labute approximate surface area is 127 Å². The molecule has 0 aromatic carbocycles. The summed E-state index contributed by atoms with van der Waals surface area (Å²) in [5.41, 5.74) is 1.33. The summed E-state index contributed by atoms with van der Waals surface area (Å²) in [6.45, 7) is 5.49. The lowest BCUT2D eigenvalue weighted by Crippen LogP contribution is -2.32. The Balaban J connectivity index is 2.14. The highest BCUT2D eigenvalue weighted by Gasteiger charge is 2.24. The molecule has 1 unspecified atom stereocenters. The topological polar surface area (TPSA) is 31.4 Å². The maximum atomic E-state index is 4.93. The number of nitrogens with one attached hydrogen (secondary N) is 1. The summed E-state index contributed by atoms with van der Waals surface area (Å²) in [5.74, 6) is 0. The molecule has 5 heteroatoms. The largest absolute Gasteiger partial charge is 0.347 e. The fraction of sp³-hybridized carbons (Fsp3) is 0.800. The number of nitrogens with zero attached hydrogens (tertiary/aromatic N) is 3. The molecule has 0 saturated heterocycles. The van der Waals surface area contributed by atoms with Gasteiger partial charge in [-0.15, -0.1) is 0 Å². The van der Waals surface area contributed by atoms with E-state index in [9.17, 15) is 0 Å². The number of hydrogen-bond acceptors (Lipinski definition) is 5. The second kappa shape index (κ2) is 7.38. The molecule has 20 heavy (non-hydrogen) atoms. The van der Waals surface area contributed by atoms with E-state index in [-0.39, 0.29) is 0 Å². The lowest BCUT2D eigenvalue weighted by Gasteiger charge is -2.23. The summed E-state index contributed by atoms with van der Waals surface area (Å²) in [5, 5.41) is 4.66. The molecular formula is C15H28N4S. The molecule has 0 amide bonds. The number of anilines is 1. The van der Waals surface area contributed by atoms with E-state index < -0.39 is 0 Å². The minimum Gasteiger partial charge on any atom is -0.347 e. The van der Waals surface area contributed by atoms with E-state index in [2.05, 4.69) is 43.2 Å². The molecule has 1 aliphatic carbocycles. The van der Waals surface area contributed by atoms with Crippen LogP contribution in [-0.4, -0.2) is 50.7 Å². The summed E-state index contributed by atoms with van der Waals surface area (Å²) >= 11 is 1.90. The predicted octanol–water partition coefficient (Wildman–Crippen LogP) is 2.52. The van der Waals surface area contributed by atoms with Gasteiger partial charge in [-0.1, -0.05) is 18.3 Å². The van der Waals surface area contributed by atoms with Crippen molar-refractivity contribution < 1.29 is 0 Å². The minimum atomic E-state index is 0.516. The lowest BCUT2D eigenvalue weighted by molar-refractivity contribution is 0.413. The smallest absolute Gasteiger partial charge is 0.185 e. The van der Waals surface area contributed by atoms with Crippen molar-refractivity contribution in [3.63, 3.8) is 0 Å². The van der Waals surface area contributed by atoms with E-state index in [1.807, 2.05) is 11.3 Å². The zero-order chi connectivity index (χ0) is 14.5. The van der Waals surface area contributed by atoms with Gasteiger partial charge >= 0.3 is 0 Å². The van der Waals surface area contributed by atoms with Gasteiger partial charge in [0.1, 0.15) is 0 Å². The van der Waals surface area contributed by atoms with Gasteiger partial charge in [-0.3, -0.25) is 0 Å². The number of thiazole rings is 1. The number of likely N-dealkylation sites (N-methyl/N-ethyl adjacent to an activating group) is 1. The van der Waals surface area contributed by atoms with E-state index in [1.165, 1.54) is 35.0 Å². The average Bonchev–Trinajstić information content (AvgIpc) is 2.86. The summed E-state index contributed by atoms with van der Waals surface area (Å²) in [6, 6.07) is 0.516. The molecule has 1 aromatic heterocycles. The van der Waals surface area contributed by atoms with Gasteiger partial charge < -0.3 is 15.1 Å². The molecule has 1 heterocycles. The quantitative estimate of drug-likeness (QED) is 0.838. The summed E-state index contributed by atoms with van der Waals surface area (Å²) < 4.78 is 0. The standard InChI is InChI=1S/C15H28N4S/c1-5-9-19(11-10-18(3)4)15-17-13-8-6-7-12(16-2)14(13)20-15/h12,16H,5-11H2,1-4H3. The third-order valence-corrected chi connectivity index (χ3v) is 5.14. The first-order valence-electron chi connectivity index (χ1n) is 7.72. The lowest BCUT2D eigenvalue weighted by atomic mass is 9.98. The van der Waals surface area contributed by atoms with Gasteiger partial charge in [-0.2, -0.15) is 0 Å². The molecule has 4 nitrogen and oxygen atoms in total. The van der Waals surface area contributed by atoms with E-state index in [1.54, 1.807) is 0 Å². The van der Waals surface area contributed by atoms with Crippen molar-refractivity contribution in [3.8, 4) is 0 Å². The summed E-state index contributed by atoms with van der Waals surface area (Å²) in [4.78, 5) is 11.1. The first-order chi connectivity index (χ1) is 9.65. The molecular weight excluding hydrogens is 268 g/mol. The van der Waals surface area contributed by atoms with Crippen molar-refractivity contribution in [1.82, 2.24) is 15.2 Å². The zero-order valence-corrected chi connectivity index (χ0v) is 14.1. The van der Waals surface area contributed by atoms with Gasteiger partial charge in [0.15, 0.2) is 5.13 Å². The van der Waals surface area contributed by atoms with Crippen LogP contribution in [0.3, 0.4) is 0 Å². The predicted molar refractivity (Wildman–Crippen MR) is 87.9 cm³/mol. The first-order valence-corrected chi connectivity index (χ1v) is 8.53. The Kier molecular flexibility index (Phi) is 5.81. The monoisotopic (exact) mass is 296 g/mol. The molecule has 1 N–H and O–H groups in total. The number of fused-ring (bicyclic) bond motifs is 1. The third-order valence-electron chi connectivity index (χ3n) is 3.87. The molecule has 0 spiro atoms. The Bertz CT molecular complexity index is 416. The van der Waals surface area contributed by atoms with Crippen LogP contribution in [-0.2, 0) is 6.42 Å². The highest BCUT2D eigenvalue weighted by molar-refractivity contribution is 7.15. The van der Waals surface area contributed by atoms with Crippen LogP contribution in [0.2, 0.25) is 0 Å². The summed E-state index contributed by atoms with van der Waals surface area (Å²) in [6.07, 6.45) is 4.83. The van der Waals surface area contributed by atoms with Crippen molar-refractivity contribution in [2.24, 2.45) is 0 Å².